The van der Waals surface area contributed by atoms with E-state index in [4.69, 9.17) is 21.6 Å². The molecule has 0 heterocycles. The summed E-state index contributed by atoms with van der Waals surface area (Å²) in [6, 6.07) is 16.8. The minimum atomic E-state index is -0.480. The van der Waals surface area contributed by atoms with Crippen molar-refractivity contribution in [1.29, 1.82) is 5.26 Å². The van der Waals surface area contributed by atoms with Crippen molar-refractivity contribution in [2.75, 3.05) is 14.2 Å². The zero-order valence-corrected chi connectivity index (χ0v) is 14.5. The Hall–Kier alpha value is -2.51. The molecule has 0 radical (unpaired) electrons. The molecule has 0 saturated carbocycles. The molecule has 2 aromatic rings. The topological polar surface area (TPSA) is 53.3 Å². The van der Waals surface area contributed by atoms with Gasteiger partial charge in [-0.15, -0.1) is 0 Å². The first-order chi connectivity index (χ1) is 11.6. The van der Waals surface area contributed by atoms with Crippen LogP contribution in [0.2, 0.25) is 5.02 Å². The average molecular weight is 343 g/mol. The first-order valence-electron chi connectivity index (χ1n) is 7.56. The average Bonchev–Trinajstić information content (AvgIpc) is 2.60. The van der Waals surface area contributed by atoms with Gasteiger partial charge in [0.2, 0.25) is 5.91 Å². The molecular weight excluding hydrogens is 324 g/mol. The van der Waals surface area contributed by atoms with Crippen LogP contribution in [0.25, 0.3) is 0 Å². The summed E-state index contributed by atoms with van der Waals surface area (Å²) in [6.45, 7) is 0.358. The van der Waals surface area contributed by atoms with Crippen LogP contribution in [0.4, 0.5) is 0 Å². The van der Waals surface area contributed by atoms with Crippen LogP contribution in [0.1, 0.15) is 23.5 Å². The molecule has 0 saturated heterocycles. The largest absolute Gasteiger partial charge is 0.496 e. The summed E-state index contributed by atoms with van der Waals surface area (Å²) in [5.41, 5.74) is 1.67. The lowest BCUT2D eigenvalue weighted by molar-refractivity contribution is -0.132. The lowest BCUT2D eigenvalue weighted by atomic mass is 9.95. The van der Waals surface area contributed by atoms with Gasteiger partial charge in [-0.2, -0.15) is 5.26 Å². The monoisotopic (exact) mass is 342 g/mol. The van der Waals surface area contributed by atoms with Gasteiger partial charge in [0.25, 0.3) is 0 Å². The van der Waals surface area contributed by atoms with Crippen molar-refractivity contribution in [3.63, 3.8) is 0 Å². The third-order valence-electron chi connectivity index (χ3n) is 3.82. The van der Waals surface area contributed by atoms with E-state index in [1.54, 1.807) is 37.3 Å². The molecule has 0 N–H and O–H groups in total. The second-order valence-corrected chi connectivity index (χ2v) is 5.91. The van der Waals surface area contributed by atoms with Gasteiger partial charge in [0, 0.05) is 24.2 Å². The highest BCUT2D eigenvalue weighted by Gasteiger charge is 2.24. The Bertz CT molecular complexity index is 741. The SMILES string of the molecule is COc1ccc(Cl)cc1CN(C)C(=O)C(CC#N)c1ccccc1. The number of likely N-dealkylation sites (N-methyl/N-ethyl adjacent to an activating group) is 1. The summed E-state index contributed by atoms with van der Waals surface area (Å²) < 4.78 is 5.32. The lowest BCUT2D eigenvalue weighted by Crippen LogP contribution is -2.31. The van der Waals surface area contributed by atoms with Crippen LogP contribution in [-0.4, -0.2) is 25.0 Å². The molecule has 0 spiro atoms. The van der Waals surface area contributed by atoms with E-state index in [2.05, 4.69) is 6.07 Å². The smallest absolute Gasteiger partial charge is 0.231 e. The highest BCUT2D eigenvalue weighted by Crippen LogP contribution is 2.26. The van der Waals surface area contributed by atoms with Gasteiger partial charge in [-0.3, -0.25) is 4.79 Å². The quantitative estimate of drug-likeness (QED) is 0.797. The van der Waals surface area contributed by atoms with Gasteiger partial charge >= 0.3 is 0 Å². The van der Waals surface area contributed by atoms with Crippen molar-refractivity contribution in [2.24, 2.45) is 0 Å². The van der Waals surface area contributed by atoms with E-state index < -0.39 is 5.92 Å². The molecule has 0 aliphatic rings. The number of methoxy groups -OCH3 is 1. The number of ether oxygens (including phenoxy) is 1. The van der Waals surface area contributed by atoms with Crippen LogP contribution in [0.5, 0.6) is 5.75 Å². The number of hydrogen-bond acceptors (Lipinski definition) is 3. The minimum absolute atomic E-state index is 0.107. The van der Waals surface area contributed by atoms with E-state index in [1.165, 1.54) is 0 Å². The fourth-order valence-electron chi connectivity index (χ4n) is 2.59. The van der Waals surface area contributed by atoms with Gasteiger partial charge in [-0.1, -0.05) is 41.9 Å². The van der Waals surface area contributed by atoms with Gasteiger partial charge < -0.3 is 9.64 Å². The van der Waals surface area contributed by atoms with E-state index in [0.29, 0.717) is 17.3 Å². The molecule has 5 heteroatoms. The number of nitrogens with zero attached hydrogens (tertiary/aromatic N) is 2. The zero-order chi connectivity index (χ0) is 17.5. The van der Waals surface area contributed by atoms with E-state index in [-0.39, 0.29) is 12.3 Å². The molecular formula is C19H19ClN2O2. The summed E-state index contributed by atoms with van der Waals surface area (Å²) in [7, 11) is 3.30. The first-order valence-corrected chi connectivity index (χ1v) is 7.94. The Labute approximate surface area is 147 Å². The second kappa shape index (κ2) is 8.37. The van der Waals surface area contributed by atoms with Crippen LogP contribution >= 0.6 is 11.6 Å². The third-order valence-corrected chi connectivity index (χ3v) is 4.06. The minimum Gasteiger partial charge on any atom is -0.496 e. The van der Waals surface area contributed by atoms with Gasteiger partial charge in [-0.05, 0) is 23.8 Å². The van der Waals surface area contributed by atoms with E-state index in [9.17, 15) is 4.79 Å². The van der Waals surface area contributed by atoms with Gasteiger partial charge in [0.05, 0.1) is 25.5 Å². The van der Waals surface area contributed by atoms with Gasteiger partial charge in [-0.25, -0.2) is 0 Å². The Kier molecular flexibility index (Phi) is 6.22. The molecule has 1 atom stereocenters. The van der Waals surface area contributed by atoms with Crippen molar-refractivity contribution in [2.45, 2.75) is 18.9 Å². The highest BCUT2D eigenvalue weighted by molar-refractivity contribution is 6.30. The van der Waals surface area contributed by atoms with Gasteiger partial charge in [0.1, 0.15) is 5.75 Å². The van der Waals surface area contributed by atoms with Crippen LogP contribution < -0.4 is 4.74 Å². The molecule has 24 heavy (non-hydrogen) atoms. The molecule has 2 rings (SSSR count). The predicted octanol–water partition coefficient (Wildman–Crippen LogP) is 4.00. The van der Waals surface area contributed by atoms with E-state index >= 15 is 0 Å². The van der Waals surface area contributed by atoms with Crippen molar-refractivity contribution in [1.82, 2.24) is 4.90 Å². The van der Waals surface area contributed by atoms with Crippen LogP contribution in [0.3, 0.4) is 0 Å². The van der Waals surface area contributed by atoms with Crippen LogP contribution in [0.15, 0.2) is 48.5 Å². The summed E-state index contributed by atoms with van der Waals surface area (Å²) in [4.78, 5) is 14.4. The lowest BCUT2D eigenvalue weighted by Gasteiger charge is -2.23. The summed E-state index contributed by atoms with van der Waals surface area (Å²) in [5, 5.41) is 9.67. The molecule has 0 aliphatic carbocycles. The highest BCUT2D eigenvalue weighted by atomic mass is 35.5. The molecule has 124 valence electrons. The van der Waals surface area contributed by atoms with Crippen molar-refractivity contribution < 1.29 is 9.53 Å². The molecule has 1 amide bonds. The Morgan fingerprint density at radius 3 is 2.62 bits per heavy atom. The zero-order valence-electron chi connectivity index (χ0n) is 13.7. The standard InChI is InChI=1S/C19H19ClN2O2/c1-22(13-15-12-16(20)8-9-18(15)24-2)19(23)17(10-11-21)14-6-4-3-5-7-14/h3-9,12,17H,10,13H2,1-2H3. The Morgan fingerprint density at radius 1 is 1.29 bits per heavy atom. The Balaban J connectivity index is 2.21. The molecule has 0 aromatic heterocycles. The summed E-state index contributed by atoms with van der Waals surface area (Å²) in [5.74, 6) is 0.0896. The maximum absolute atomic E-state index is 12.8. The van der Waals surface area contributed by atoms with E-state index in [1.807, 2.05) is 30.3 Å². The normalized spacial score (nSPS) is 11.4. The van der Waals surface area contributed by atoms with E-state index in [0.717, 1.165) is 11.1 Å². The fraction of sp³-hybridized carbons (Fsp3) is 0.263. The van der Waals surface area contributed by atoms with Crippen molar-refractivity contribution in [3.05, 3.63) is 64.7 Å². The number of rotatable bonds is 6. The number of carbonyl (C=O) groups excluding carboxylic acids is 1. The number of halogens is 1. The molecule has 2 aromatic carbocycles. The number of amides is 1. The maximum atomic E-state index is 12.8. The maximum Gasteiger partial charge on any atom is 0.231 e. The number of hydrogen-bond donors (Lipinski definition) is 0. The van der Waals surface area contributed by atoms with Gasteiger partial charge in [0.15, 0.2) is 0 Å². The second-order valence-electron chi connectivity index (χ2n) is 5.48. The summed E-state index contributed by atoms with van der Waals surface area (Å²) in [6.07, 6.45) is 0.139. The molecule has 0 bridgehead atoms. The fourth-order valence-corrected chi connectivity index (χ4v) is 2.79. The molecule has 4 nitrogen and oxygen atoms in total. The van der Waals surface area contributed by atoms with Crippen LogP contribution in [0, 0.1) is 11.3 Å². The molecule has 1 unspecified atom stereocenters. The van der Waals surface area contributed by atoms with Crippen molar-refractivity contribution >= 4 is 17.5 Å². The van der Waals surface area contributed by atoms with Crippen LogP contribution in [-0.2, 0) is 11.3 Å². The Morgan fingerprint density at radius 2 is 2.00 bits per heavy atom. The van der Waals surface area contributed by atoms with Crippen molar-refractivity contribution in [3.8, 4) is 11.8 Å². The predicted molar refractivity (Wildman–Crippen MR) is 93.9 cm³/mol. The molecule has 0 fully saturated rings. The number of carbonyl (C=O) groups is 1. The number of nitriles is 1. The first kappa shape index (κ1) is 17.8. The number of benzene rings is 2. The summed E-state index contributed by atoms with van der Waals surface area (Å²) >= 11 is 6.04. The molecule has 0 aliphatic heterocycles. The third kappa shape index (κ3) is 4.27.